The number of halogens is 9. The highest BCUT2D eigenvalue weighted by molar-refractivity contribution is 5.92. The number of alkyl halides is 9. The molecule has 0 aromatic rings. The van der Waals surface area contributed by atoms with Gasteiger partial charge in [0, 0.05) is 5.57 Å². The predicted octanol–water partition coefficient (Wildman–Crippen LogP) is 3.10. The first-order valence-electron chi connectivity index (χ1n) is 4.26. The average Bonchev–Trinajstić information content (AvgIpc) is 2.14. The van der Waals surface area contributed by atoms with Crippen molar-refractivity contribution in [1.29, 1.82) is 0 Å². The molecule has 112 valence electrons. The van der Waals surface area contributed by atoms with Crippen molar-refractivity contribution < 1.29 is 44.3 Å². The lowest BCUT2D eigenvalue weighted by atomic mass is 10.1. The van der Waals surface area contributed by atoms with Crippen LogP contribution >= 0.6 is 0 Å². The van der Waals surface area contributed by atoms with Crippen molar-refractivity contribution >= 4 is 5.91 Å². The maximum Gasteiger partial charge on any atom is 0.460 e. The Balaban J connectivity index is 5.52. The Morgan fingerprint density at radius 1 is 0.895 bits per heavy atom. The maximum atomic E-state index is 12.7. The van der Waals surface area contributed by atoms with Gasteiger partial charge in [-0.1, -0.05) is 6.58 Å². The number of carbonyl (C=O) groups is 1. The average molecular weight is 303 g/mol. The molecule has 0 unspecified atom stereocenters. The van der Waals surface area contributed by atoms with Crippen LogP contribution in [0.5, 0.6) is 0 Å². The first-order valence-corrected chi connectivity index (χ1v) is 4.26. The van der Waals surface area contributed by atoms with Crippen molar-refractivity contribution in [2.75, 3.05) is 0 Å². The van der Waals surface area contributed by atoms with Crippen molar-refractivity contribution in [3.05, 3.63) is 12.2 Å². The lowest BCUT2D eigenvalue weighted by Gasteiger charge is -2.33. The third kappa shape index (κ3) is 2.95. The summed E-state index contributed by atoms with van der Waals surface area (Å²) in [5.41, 5.74) is -0.786. The summed E-state index contributed by atoms with van der Waals surface area (Å²) in [5.74, 6) is -15.9. The normalized spacial score (nSPS) is 14.2. The fourth-order valence-electron chi connectivity index (χ4n) is 0.703. The van der Waals surface area contributed by atoms with Gasteiger partial charge in [0.1, 0.15) is 0 Å². The molecule has 0 aromatic heterocycles. The van der Waals surface area contributed by atoms with Gasteiger partial charge in [-0.2, -0.15) is 39.5 Å². The van der Waals surface area contributed by atoms with Crippen LogP contribution < -0.4 is 5.32 Å². The lowest BCUT2D eigenvalue weighted by molar-refractivity contribution is -0.399. The van der Waals surface area contributed by atoms with Crippen molar-refractivity contribution in [2.45, 2.75) is 31.0 Å². The molecule has 0 rings (SSSR count). The summed E-state index contributed by atoms with van der Waals surface area (Å²) in [4.78, 5) is 10.6. The highest BCUT2D eigenvalue weighted by Crippen LogP contribution is 2.52. The minimum atomic E-state index is -7.04. The largest absolute Gasteiger partial charge is 0.460 e. The van der Waals surface area contributed by atoms with E-state index in [1.54, 1.807) is 0 Å². The summed E-state index contributed by atoms with van der Waals surface area (Å²) in [6.07, 6.45) is -6.92. The molecule has 1 amide bonds. The monoisotopic (exact) mass is 303 g/mol. The van der Waals surface area contributed by atoms with Gasteiger partial charge in [-0.05, 0) is 6.92 Å². The Morgan fingerprint density at radius 3 is 1.53 bits per heavy atom. The van der Waals surface area contributed by atoms with Crippen molar-refractivity contribution in [1.82, 2.24) is 5.32 Å². The molecule has 0 radical (unpaired) electrons. The molecule has 0 heterocycles. The molecule has 0 bridgehead atoms. The third-order valence-electron chi connectivity index (χ3n) is 1.80. The first kappa shape index (κ1) is 17.6. The molecule has 0 aliphatic rings. The van der Waals surface area contributed by atoms with Gasteiger partial charge in [0.25, 0.3) is 5.91 Å². The summed E-state index contributed by atoms with van der Waals surface area (Å²) in [6.45, 7) is 3.49. The minimum Gasteiger partial charge on any atom is -0.288 e. The molecular weight excluding hydrogens is 297 g/mol. The zero-order valence-electron chi connectivity index (χ0n) is 9.02. The van der Waals surface area contributed by atoms with Gasteiger partial charge in [0.2, 0.25) is 0 Å². The smallest absolute Gasteiger partial charge is 0.288 e. The summed E-state index contributed by atoms with van der Waals surface area (Å²) in [7, 11) is 0. The topological polar surface area (TPSA) is 29.1 Å². The maximum absolute atomic E-state index is 12.7. The van der Waals surface area contributed by atoms with Crippen LogP contribution in [-0.4, -0.2) is 30.0 Å². The Kier molecular flexibility index (Phi) is 4.26. The Hall–Kier alpha value is -1.42. The summed E-state index contributed by atoms with van der Waals surface area (Å²) < 4.78 is 110. The molecule has 0 spiro atoms. The number of carbonyl (C=O) groups excluding carboxylic acids is 1. The highest BCUT2D eigenvalue weighted by Gasteiger charge is 2.82. The zero-order chi connectivity index (χ0) is 15.9. The van der Waals surface area contributed by atoms with E-state index in [1.807, 2.05) is 0 Å². The van der Waals surface area contributed by atoms with Gasteiger partial charge >= 0.3 is 24.1 Å². The summed E-state index contributed by atoms with van der Waals surface area (Å²) in [5, 5.41) is 0.0724. The van der Waals surface area contributed by atoms with Gasteiger partial charge in [-0.25, -0.2) is 0 Å². The molecular formula is C8H6F9NO. The van der Waals surface area contributed by atoms with Gasteiger partial charge in [0.05, 0.1) is 0 Å². The highest BCUT2D eigenvalue weighted by atomic mass is 19.4. The Labute approximate surface area is 99.8 Å². The summed E-state index contributed by atoms with van der Waals surface area (Å²) in [6, 6.07) is -6.12. The standard InChI is InChI=1S/C8H6F9NO/c1-3(2)4(19)18-8(16,17)6(11,12)5(9,10)7(13,14)15/h1H2,2H3,(H,18,19). The second-order valence-electron chi connectivity index (χ2n) is 3.46. The molecule has 0 fully saturated rings. The molecule has 2 nitrogen and oxygen atoms in total. The van der Waals surface area contributed by atoms with Crippen LogP contribution in [0.25, 0.3) is 0 Å². The van der Waals surface area contributed by atoms with E-state index in [1.165, 1.54) is 0 Å². The van der Waals surface area contributed by atoms with Gasteiger partial charge in [-0.3, -0.25) is 10.1 Å². The molecule has 0 aliphatic heterocycles. The second kappa shape index (κ2) is 4.60. The van der Waals surface area contributed by atoms with Gasteiger partial charge in [0.15, 0.2) is 0 Å². The van der Waals surface area contributed by atoms with E-state index in [9.17, 15) is 44.3 Å². The van der Waals surface area contributed by atoms with Gasteiger partial charge in [-0.15, -0.1) is 0 Å². The molecule has 19 heavy (non-hydrogen) atoms. The van der Waals surface area contributed by atoms with Gasteiger partial charge < -0.3 is 0 Å². The lowest BCUT2D eigenvalue weighted by Crippen LogP contribution is -2.66. The van der Waals surface area contributed by atoms with E-state index >= 15 is 0 Å². The van der Waals surface area contributed by atoms with Crippen molar-refractivity contribution in [2.24, 2.45) is 0 Å². The fourth-order valence-corrected chi connectivity index (χ4v) is 0.703. The molecule has 0 saturated heterocycles. The number of nitrogens with one attached hydrogen (secondary N) is 1. The molecule has 0 atom stereocenters. The Bertz CT molecular complexity index is 384. The van der Waals surface area contributed by atoms with E-state index in [0.29, 0.717) is 0 Å². The fraction of sp³-hybridized carbons (Fsp3) is 0.625. The molecule has 0 aromatic carbocycles. The molecule has 11 heteroatoms. The van der Waals surface area contributed by atoms with Crippen LogP contribution in [0.1, 0.15) is 6.92 Å². The van der Waals surface area contributed by atoms with E-state index < -0.39 is 35.5 Å². The van der Waals surface area contributed by atoms with Crippen LogP contribution in [0, 0.1) is 0 Å². The second-order valence-corrected chi connectivity index (χ2v) is 3.46. The number of hydrogen-bond acceptors (Lipinski definition) is 1. The molecule has 0 saturated carbocycles. The SMILES string of the molecule is C=C(C)C(=O)NC(F)(F)C(F)(F)C(F)(F)C(F)(F)F. The molecule has 1 N–H and O–H groups in total. The number of amides is 1. The zero-order valence-corrected chi connectivity index (χ0v) is 9.02. The van der Waals surface area contributed by atoms with Crippen LogP contribution in [-0.2, 0) is 4.79 Å². The summed E-state index contributed by atoms with van der Waals surface area (Å²) >= 11 is 0. The first-order chi connectivity index (χ1) is 8.08. The Morgan fingerprint density at radius 2 is 1.26 bits per heavy atom. The van der Waals surface area contributed by atoms with E-state index in [-0.39, 0.29) is 5.32 Å². The van der Waals surface area contributed by atoms with Crippen LogP contribution in [0.3, 0.4) is 0 Å². The van der Waals surface area contributed by atoms with Crippen molar-refractivity contribution in [3.63, 3.8) is 0 Å². The van der Waals surface area contributed by atoms with Crippen LogP contribution in [0.4, 0.5) is 39.5 Å². The van der Waals surface area contributed by atoms with Crippen molar-refractivity contribution in [3.8, 4) is 0 Å². The van der Waals surface area contributed by atoms with E-state index in [4.69, 9.17) is 0 Å². The molecule has 0 aliphatic carbocycles. The predicted molar refractivity (Wildman–Crippen MR) is 43.9 cm³/mol. The van der Waals surface area contributed by atoms with E-state index in [2.05, 4.69) is 6.58 Å². The van der Waals surface area contributed by atoms with Crippen LogP contribution in [0.15, 0.2) is 12.2 Å². The van der Waals surface area contributed by atoms with E-state index in [0.717, 1.165) is 6.92 Å². The van der Waals surface area contributed by atoms with Crippen LogP contribution in [0.2, 0.25) is 0 Å². The number of rotatable bonds is 4. The quantitative estimate of drug-likeness (QED) is 0.482. The third-order valence-corrected chi connectivity index (χ3v) is 1.80. The minimum absolute atomic E-state index is 0.0724. The number of hydrogen-bond donors (Lipinski definition) is 1.